The molecule has 3 aromatic carbocycles. The van der Waals surface area contributed by atoms with E-state index in [1.807, 2.05) is 12.1 Å². The van der Waals surface area contributed by atoms with Gasteiger partial charge in [-0.15, -0.1) is 0 Å². The first kappa shape index (κ1) is 32.4. The summed E-state index contributed by atoms with van der Waals surface area (Å²) in [4.78, 5) is 18.8. The van der Waals surface area contributed by atoms with Crippen molar-refractivity contribution in [1.29, 1.82) is 0 Å². The molecule has 48 heavy (non-hydrogen) atoms. The van der Waals surface area contributed by atoms with Crippen LogP contribution in [0.5, 0.6) is 0 Å². The minimum atomic E-state index is -1.02. The topological polar surface area (TPSA) is 94.8 Å². The van der Waals surface area contributed by atoms with Crippen LogP contribution in [0.15, 0.2) is 54.6 Å². The van der Waals surface area contributed by atoms with Crippen molar-refractivity contribution in [3.63, 3.8) is 0 Å². The number of aromatic amines is 1. The Kier molecular flexibility index (Phi) is 9.83. The van der Waals surface area contributed by atoms with Crippen LogP contribution < -0.4 is 15.5 Å². The van der Waals surface area contributed by atoms with Gasteiger partial charge >= 0.3 is 0 Å². The van der Waals surface area contributed by atoms with E-state index >= 15 is 0 Å². The molecule has 0 bridgehead atoms. The number of nitrogens with zero attached hydrogens (tertiary/aromatic N) is 3. The Labute approximate surface area is 277 Å². The van der Waals surface area contributed by atoms with Crippen LogP contribution in [-0.2, 0) is 9.47 Å². The molecule has 3 saturated heterocycles. The summed E-state index contributed by atoms with van der Waals surface area (Å²) in [6.45, 7) is 5.83. The van der Waals surface area contributed by atoms with E-state index in [-0.39, 0.29) is 23.3 Å². The van der Waals surface area contributed by atoms with Gasteiger partial charge in [-0.2, -0.15) is 5.10 Å². The van der Waals surface area contributed by atoms with Gasteiger partial charge in [-0.1, -0.05) is 6.07 Å². The van der Waals surface area contributed by atoms with Crippen LogP contribution in [0.4, 0.5) is 30.4 Å². The molecule has 12 heteroatoms. The maximum atomic E-state index is 14.6. The lowest BCUT2D eigenvalue weighted by Crippen LogP contribution is -2.51. The SMILES string of the molecule is O=C(Nc1n[nH]c2ccc(C(CF)c3cc(F)ccc3F)cc12)c1ccc(N2CCN(C3CCOCC3)CC2)cc1NC1CCOCC1. The van der Waals surface area contributed by atoms with Crippen molar-refractivity contribution in [2.75, 3.05) is 74.8 Å². The Morgan fingerprint density at radius 1 is 0.917 bits per heavy atom. The summed E-state index contributed by atoms with van der Waals surface area (Å²) in [5.41, 5.74) is 3.26. The second kappa shape index (κ2) is 14.6. The van der Waals surface area contributed by atoms with Crippen molar-refractivity contribution >= 4 is 34.0 Å². The number of hydrogen-bond donors (Lipinski definition) is 3. The fraction of sp³-hybridized carbons (Fsp3) is 0.444. The summed E-state index contributed by atoms with van der Waals surface area (Å²) >= 11 is 0. The Bertz CT molecular complexity index is 1730. The monoisotopic (exact) mass is 662 g/mol. The van der Waals surface area contributed by atoms with E-state index in [0.29, 0.717) is 41.3 Å². The zero-order valence-corrected chi connectivity index (χ0v) is 26.8. The summed E-state index contributed by atoms with van der Waals surface area (Å²) in [5.74, 6) is -2.44. The molecule has 3 N–H and O–H groups in total. The number of hydrogen-bond acceptors (Lipinski definition) is 7. The third kappa shape index (κ3) is 7.01. The number of ether oxygens (including phenoxy) is 2. The minimum Gasteiger partial charge on any atom is -0.381 e. The largest absolute Gasteiger partial charge is 0.381 e. The van der Waals surface area contributed by atoms with E-state index in [9.17, 15) is 18.0 Å². The zero-order valence-electron chi connectivity index (χ0n) is 26.8. The maximum absolute atomic E-state index is 14.6. The van der Waals surface area contributed by atoms with Crippen LogP contribution in [0.2, 0.25) is 0 Å². The average molecular weight is 663 g/mol. The van der Waals surface area contributed by atoms with Gasteiger partial charge in [-0.05, 0) is 79.8 Å². The standard InChI is InChI=1S/C36H41F3N6O3/c37-22-31(29-20-24(38)2-5-32(29)39)23-1-6-33-30(19-23)35(43-42-33)41-36(46)28-4-3-27(21-34(28)40-25-7-15-47-16-8-25)45-13-11-44(12-14-45)26-9-17-48-18-10-26/h1-6,19-21,25-26,31,40H,7-18,22H2,(H2,41,42,43,46). The van der Waals surface area contributed by atoms with Gasteiger partial charge in [0.2, 0.25) is 0 Å². The van der Waals surface area contributed by atoms with E-state index in [2.05, 4.69) is 36.7 Å². The lowest BCUT2D eigenvalue weighted by molar-refractivity contribution is 0.0321. The quantitative estimate of drug-likeness (QED) is 0.200. The molecule has 9 nitrogen and oxygen atoms in total. The van der Waals surface area contributed by atoms with Gasteiger partial charge < -0.3 is 25.0 Å². The number of aromatic nitrogens is 2. The highest BCUT2D eigenvalue weighted by molar-refractivity contribution is 6.11. The molecular formula is C36H41F3N6O3. The predicted octanol–water partition coefficient (Wildman–Crippen LogP) is 6.09. The number of benzene rings is 3. The molecule has 0 aliphatic carbocycles. The van der Waals surface area contributed by atoms with Crippen LogP contribution in [0.25, 0.3) is 10.9 Å². The molecule has 254 valence electrons. The van der Waals surface area contributed by atoms with Gasteiger partial charge in [0.1, 0.15) is 18.3 Å². The second-order valence-corrected chi connectivity index (χ2v) is 12.8. The molecule has 3 fully saturated rings. The Balaban J connectivity index is 1.12. The number of H-pyrrole nitrogens is 1. The van der Waals surface area contributed by atoms with Crippen LogP contribution in [0.3, 0.4) is 0 Å². The van der Waals surface area contributed by atoms with Crippen molar-refractivity contribution < 1.29 is 27.4 Å². The van der Waals surface area contributed by atoms with Crippen molar-refractivity contribution in [1.82, 2.24) is 15.1 Å². The molecule has 1 aromatic heterocycles. The molecule has 4 aromatic rings. The van der Waals surface area contributed by atoms with E-state index in [0.717, 1.165) is 94.6 Å². The summed E-state index contributed by atoms with van der Waals surface area (Å²) in [5, 5.41) is 14.3. The molecule has 3 aliphatic heterocycles. The van der Waals surface area contributed by atoms with Gasteiger partial charge in [0.15, 0.2) is 5.82 Å². The molecule has 0 radical (unpaired) electrons. The first-order chi connectivity index (χ1) is 23.5. The molecule has 3 aliphatic rings. The number of anilines is 3. The second-order valence-electron chi connectivity index (χ2n) is 12.8. The highest BCUT2D eigenvalue weighted by Gasteiger charge is 2.27. The van der Waals surface area contributed by atoms with Gasteiger partial charge in [-0.25, -0.2) is 8.78 Å². The molecular weight excluding hydrogens is 621 g/mol. The number of rotatable bonds is 9. The van der Waals surface area contributed by atoms with Crippen molar-refractivity contribution in [3.8, 4) is 0 Å². The molecule has 1 unspecified atom stereocenters. The summed E-state index contributed by atoms with van der Waals surface area (Å²) < 4.78 is 54.0. The number of amides is 1. The normalized spacial score (nSPS) is 19.0. The first-order valence-electron chi connectivity index (χ1n) is 16.8. The smallest absolute Gasteiger partial charge is 0.258 e. The zero-order chi connectivity index (χ0) is 33.0. The van der Waals surface area contributed by atoms with Crippen molar-refractivity contribution in [2.24, 2.45) is 0 Å². The van der Waals surface area contributed by atoms with E-state index in [1.165, 1.54) is 0 Å². The van der Waals surface area contributed by atoms with Crippen molar-refractivity contribution in [3.05, 3.63) is 82.9 Å². The summed E-state index contributed by atoms with van der Waals surface area (Å²) in [6, 6.07) is 14.7. The lowest BCUT2D eigenvalue weighted by Gasteiger charge is -2.41. The molecule has 1 amide bonds. The van der Waals surface area contributed by atoms with Crippen molar-refractivity contribution in [2.45, 2.75) is 43.7 Å². The maximum Gasteiger partial charge on any atom is 0.258 e. The Morgan fingerprint density at radius 3 is 2.42 bits per heavy atom. The van der Waals surface area contributed by atoms with Gasteiger partial charge in [0.05, 0.1) is 11.1 Å². The number of halogens is 3. The molecule has 1 atom stereocenters. The van der Waals surface area contributed by atoms with E-state index < -0.39 is 24.2 Å². The summed E-state index contributed by atoms with van der Waals surface area (Å²) in [7, 11) is 0. The Morgan fingerprint density at radius 2 is 1.67 bits per heavy atom. The van der Waals surface area contributed by atoms with E-state index in [4.69, 9.17) is 9.47 Å². The van der Waals surface area contributed by atoms with Crippen LogP contribution in [0, 0.1) is 11.6 Å². The number of piperazine rings is 1. The number of fused-ring (bicyclic) bond motifs is 1. The third-order valence-electron chi connectivity index (χ3n) is 9.92. The van der Waals surface area contributed by atoms with Crippen LogP contribution in [0.1, 0.15) is 53.1 Å². The van der Waals surface area contributed by atoms with E-state index in [1.54, 1.807) is 18.2 Å². The average Bonchev–Trinajstić information content (AvgIpc) is 3.52. The number of nitrogens with one attached hydrogen (secondary N) is 3. The lowest BCUT2D eigenvalue weighted by atomic mass is 9.91. The predicted molar refractivity (Wildman–Crippen MR) is 180 cm³/mol. The minimum absolute atomic E-state index is 0.0696. The number of carbonyl (C=O) groups is 1. The third-order valence-corrected chi connectivity index (χ3v) is 9.92. The fourth-order valence-electron chi connectivity index (χ4n) is 7.16. The van der Waals surface area contributed by atoms with Gasteiger partial charge in [0.25, 0.3) is 5.91 Å². The Hall–Kier alpha value is -4.13. The molecule has 4 heterocycles. The van der Waals surface area contributed by atoms with Gasteiger partial charge in [-0.3, -0.25) is 19.2 Å². The highest BCUT2D eigenvalue weighted by atomic mass is 19.1. The molecule has 7 rings (SSSR count). The molecule has 0 saturated carbocycles. The van der Waals surface area contributed by atoms with Crippen LogP contribution >= 0.6 is 0 Å². The summed E-state index contributed by atoms with van der Waals surface area (Å²) in [6.07, 6.45) is 3.84. The van der Waals surface area contributed by atoms with Gasteiger partial charge in [0, 0.05) is 92.9 Å². The molecule has 0 spiro atoms. The van der Waals surface area contributed by atoms with Crippen LogP contribution in [-0.4, -0.2) is 92.4 Å². The number of carbonyl (C=O) groups excluding carboxylic acids is 1. The highest BCUT2D eigenvalue weighted by Crippen LogP contribution is 2.33. The first-order valence-corrected chi connectivity index (χ1v) is 16.8. The fourth-order valence-corrected chi connectivity index (χ4v) is 7.16. The number of alkyl halides is 1.